The Morgan fingerprint density at radius 3 is 2.82 bits per heavy atom. The number of hydrogen-bond acceptors (Lipinski definition) is 2. The maximum absolute atomic E-state index is 13.5. The van der Waals surface area contributed by atoms with Crippen LogP contribution in [0.2, 0.25) is 0 Å². The summed E-state index contributed by atoms with van der Waals surface area (Å²) in [5.74, 6) is -0.150. The van der Waals surface area contributed by atoms with Gasteiger partial charge in [-0.2, -0.15) is 0 Å². The van der Waals surface area contributed by atoms with Crippen LogP contribution in [-0.4, -0.2) is 19.1 Å². The van der Waals surface area contributed by atoms with Crippen LogP contribution in [0.1, 0.15) is 19.4 Å². The molecule has 0 saturated heterocycles. The maximum Gasteiger partial charge on any atom is 0.257 e. The highest BCUT2D eigenvalue weighted by Crippen LogP contribution is 2.19. The van der Waals surface area contributed by atoms with Gasteiger partial charge in [-0.3, -0.25) is 4.79 Å². The molecule has 17 heavy (non-hydrogen) atoms. The first kappa shape index (κ1) is 13.5. The molecule has 4 heteroatoms. The van der Waals surface area contributed by atoms with Gasteiger partial charge in [-0.1, -0.05) is 26.0 Å². The first-order chi connectivity index (χ1) is 8.00. The van der Waals surface area contributed by atoms with Crippen LogP contribution in [0.5, 0.6) is 5.75 Å². The van der Waals surface area contributed by atoms with Crippen molar-refractivity contribution in [3.8, 4) is 5.75 Å². The van der Waals surface area contributed by atoms with Crippen LogP contribution in [0.3, 0.4) is 0 Å². The van der Waals surface area contributed by atoms with Gasteiger partial charge in [0.05, 0.1) is 0 Å². The van der Waals surface area contributed by atoms with Crippen molar-refractivity contribution in [1.29, 1.82) is 0 Å². The molecule has 3 nitrogen and oxygen atoms in total. The quantitative estimate of drug-likeness (QED) is 0.856. The molecule has 0 aliphatic rings. The van der Waals surface area contributed by atoms with Gasteiger partial charge in [0.25, 0.3) is 5.91 Å². The molecule has 0 radical (unpaired) electrons. The van der Waals surface area contributed by atoms with Crippen LogP contribution >= 0.6 is 0 Å². The maximum atomic E-state index is 13.5. The zero-order chi connectivity index (χ0) is 12.8. The third-order valence-electron chi connectivity index (χ3n) is 2.22. The number of carbonyl (C=O) groups excluding carboxylic acids is 1. The van der Waals surface area contributed by atoms with Crippen LogP contribution in [0, 0.1) is 18.7 Å². The SMILES string of the molecule is Cc1cccc(OCC(=O)NCC(C)C)c1F. The van der Waals surface area contributed by atoms with Crippen LogP contribution in [0.15, 0.2) is 18.2 Å². The molecular formula is C13H18FNO2. The summed E-state index contributed by atoms with van der Waals surface area (Å²) in [4.78, 5) is 11.4. The fraction of sp³-hybridized carbons (Fsp3) is 0.462. The topological polar surface area (TPSA) is 38.3 Å². The molecular weight excluding hydrogens is 221 g/mol. The van der Waals surface area contributed by atoms with E-state index in [9.17, 15) is 9.18 Å². The largest absolute Gasteiger partial charge is 0.481 e. The number of halogens is 1. The Morgan fingerprint density at radius 1 is 1.47 bits per heavy atom. The molecule has 0 atom stereocenters. The number of nitrogens with one attached hydrogen (secondary N) is 1. The zero-order valence-corrected chi connectivity index (χ0v) is 10.4. The van der Waals surface area contributed by atoms with Crippen LogP contribution in [0.25, 0.3) is 0 Å². The average molecular weight is 239 g/mol. The van der Waals surface area contributed by atoms with Gasteiger partial charge in [0.1, 0.15) is 0 Å². The van der Waals surface area contributed by atoms with Crippen molar-refractivity contribution in [1.82, 2.24) is 5.32 Å². The smallest absolute Gasteiger partial charge is 0.257 e. The van der Waals surface area contributed by atoms with Gasteiger partial charge in [0, 0.05) is 6.54 Å². The number of rotatable bonds is 5. The van der Waals surface area contributed by atoms with Gasteiger partial charge in [-0.05, 0) is 24.5 Å². The fourth-order valence-corrected chi connectivity index (χ4v) is 1.24. The van der Waals surface area contributed by atoms with E-state index in [1.54, 1.807) is 19.1 Å². The van der Waals surface area contributed by atoms with Gasteiger partial charge >= 0.3 is 0 Å². The summed E-state index contributed by atoms with van der Waals surface area (Å²) in [6.07, 6.45) is 0. The Balaban J connectivity index is 2.45. The molecule has 1 aromatic carbocycles. The fourth-order valence-electron chi connectivity index (χ4n) is 1.24. The van der Waals surface area contributed by atoms with Crippen molar-refractivity contribution < 1.29 is 13.9 Å². The van der Waals surface area contributed by atoms with E-state index in [2.05, 4.69) is 5.32 Å². The Morgan fingerprint density at radius 2 is 2.18 bits per heavy atom. The van der Waals surface area contributed by atoms with Crippen LogP contribution < -0.4 is 10.1 Å². The molecule has 0 bridgehead atoms. The molecule has 0 aromatic heterocycles. The molecule has 1 aromatic rings. The lowest BCUT2D eigenvalue weighted by atomic mass is 10.2. The monoisotopic (exact) mass is 239 g/mol. The molecule has 0 spiro atoms. The van der Waals surface area contributed by atoms with E-state index in [4.69, 9.17) is 4.74 Å². The van der Waals surface area contributed by atoms with E-state index < -0.39 is 5.82 Å². The van der Waals surface area contributed by atoms with Gasteiger partial charge in [0.2, 0.25) is 0 Å². The Bertz CT molecular complexity index is 391. The summed E-state index contributed by atoms with van der Waals surface area (Å²) in [7, 11) is 0. The third kappa shape index (κ3) is 4.43. The number of ether oxygens (including phenoxy) is 1. The standard InChI is InChI=1S/C13H18FNO2/c1-9(2)7-15-12(16)8-17-11-6-4-5-10(3)13(11)14/h4-6,9H,7-8H2,1-3H3,(H,15,16). The number of amides is 1. The van der Waals surface area contributed by atoms with Crippen molar-refractivity contribution in [2.45, 2.75) is 20.8 Å². The summed E-state index contributed by atoms with van der Waals surface area (Å²) in [6.45, 7) is 6.09. The summed E-state index contributed by atoms with van der Waals surface area (Å²) in [5.41, 5.74) is 0.505. The molecule has 0 unspecified atom stereocenters. The normalized spacial score (nSPS) is 10.4. The van der Waals surface area contributed by atoms with Gasteiger partial charge in [-0.25, -0.2) is 4.39 Å². The van der Waals surface area contributed by atoms with E-state index in [-0.39, 0.29) is 18.3 Å². The highest BCUT2D eigenvalue weighted by Gasteiger charge is 2.08. The second kappa shape index (κ2) is 6.23. The van der Waals surface area contributed by atoms with Crippen LogP contribution in [-0.2, 0) is 4.79 Å². The Labute approximate surface area is 101 Å². The minimum atomic E-state index is -0.413. The van der Waals surface area contributed by atoms with E-state index >= 15 is 0 Å². The highest BCUT2D eigenvalue weighted by molar-refractivity contribution is 5.77. The van der Waals surface area contributed by atoms with E-state index in [1.807, 2.05) is 13.8 Å². The van der Waals surface area contributed by atoms with Crippen molar-refractivity contribution in [2.24, 2.45) is 5.92 Å². The molecule has 1 rings (SSSR count). The van der Waals surface area contributed by atoms with E-state index in [0.717, 1.165) is 0 Å². The van der Waals surface area contributed by atoms with Gasteiger partial charge in [0.15, 0.2) is 18.2 Å². The molecule has 0 aliphatic carbocycles. The number of aryl methyl sites for hydroxylation is 1. The average Bonchev–Trinajstić information content (AvgIpc) is 2.28. The molecule has 94 valence electrons. The predicted molar refractivity (Wildman–Crippen MR) is 64.5 cm³/mol. The lowest BCUT2D eigenvalue weighted by Gasteiger charge is -2.10. The van der Waals surface area contributed by atoms with E-state index in [1.165, 1.54) is 6.07 Å². The molecule has 0 saturated carbocycles. The minimum Gasteiger partial charge on any atom is -0.481 e. The highest BCUT2D eigenvalue weighted by atomic mass is 19.1. The lowest BCUT2D eigenvalue weighted by molar-refractivity contribution is -0.123. The Kier molecular flexibility index (Phi) is 4.94. The number of hydrogen-bond donors (Lipinski definition) is 1. The van der Waals surface area contributed by atoms with Gasteiger partial charge < -0.3 is 10.1 Å². The number of carbonyl (C=O) groups is 1. The summed E-state index contributed by atoms with van der Waals surface area (Å²) in [5, 5.41) is 2.70. The molecule has 0 aliphatic heterocycles. The zero-order valence-electron chi connectivity index (χ0n) is 10.4. The molecule has 0 fully saturated rings. The third-order valence-corrected chi connectivity index (χ3v) is 2.22. The van der Waals surface area contributed by atoms with Crippen molar-refractivity contribution in [2.75, 3.05) is 13.2 Å². The Hall–Kier alpha value is -1.58. The lowest BCUT2D eigenvalue weighted by Crippen LogP contribution is -2.31. The van der Waals surface area contributed by atoms with Crippen molar-refractivity contribution >= 4 is 5.91 Å². The second-order valence-corrected chi connectivity index (χ2v) is 4.37. The summed E-state index contributed by atoms with van der Waals surface area (Å²) in [6, 6.07) is 4.86. The van der Waals surface area contributed by atoms with E-state index in [0.29, 0.717) is 18.0 Å². The molecule has 1 N–H and O–H groups in total. The van der Waals surface area contributed by atoms with Crippen molar-refractivity contribution in [3.63, 3.8) is 0 Å². The summed E-state index contributed by atoms with van der Waals surface area (Å²) >= 11 is 0. The summed E-state index contributed by atoms with van der Waals surface area (Å²) < 4.78 is 18.6. The minimum absolute atomic E-state index is 0.115. The first-order valence-corrected chi connectivity index (χ1v) is 5.65. The molecule has 1 amide bonds. The number of benzene rings is 1. The predicted octanol–water partition coefficient (Wildman–Crippen LogP) is 2.29. The first-order valence-electron chi connectivity index (χ1n) is 5.65. The van der Waals surface area contributed by atoms with Crippen LogP contribution in [0.4, 0.5) is 4.39 Å². The molecule has 0 heterocycles. The van der Waals surface area contributed by atoms with Gasteiger partial charge in [-0.15, -0.1) is 0 Å². The second-order valence-electron chi connectivity index (χ2n) is 4.37. The van der Waals surface area contributed by atoms with Crippen molar-refractivity contribution in [3.05, 3.63) is 29.6 Å².